The first-order valence-electron chi connectivity index (χ1n) is 6.56. The first kappa shape index (κ1) is 13.7. The van der Waals surface area contributed by atoms with E-state index in [0.29, 0.717) is 0 Å². The van der Waals surface area contributed by atoms with Gasteiger partial charge in [-0.1, -0.05) is 18.2 Å². The van der Waals surface area contributed by atoms with Gasteiger partial charge < -0.3 is 10.1 Å². The standard InChI is InChI=1S/C14H20N4O/c1-19-10-6-5-9-15-11-13-12-16-18(17-13)14-7-3-2-4-8-14/h2-4,7-8,12,15H,5-6,9-11H2,1H3. The summed E-state index contributed by atoms with van der Waals surface area (Å²) in [4.78, 5) is 1.65. The number of nitrogens with one attached hydrogen (secondary N) is 1. The van der Waals surface area contributed by atoms with Crippen molar-refractivity contribution in [1.82, 2.24) is 20.3 Å². The van der Waals surface area contributed by atoms with Gasteiger partial charge in [0.25, 0.3) is 0 Å². The summed E-state index contributed by atoms with van der Waals surface area (Å²) < 4.78 is 5.01. The molecule has 0 unspecified atom stereocenters. The number of methoxy groups -OCH3 is 1. The molecule has 2 rings (SSSR count). The second-order valence-corrected chi connectivity index (χ2v) is 4.34. The quantitative estimate of drug-likeness (QED) is 0.735. The van der Waals surface area contributed by atoms with Gasteiger partial charge in [-0.3, -0.25) is 0 Å². The van der Waals surface area contributed by atoms with E-state index in [0.717, 1.165) is 43.9 Å². The number of aromatic nitrogens is 3. The Kier molecular flexibility index (Phi) is 5.52. The summed E-state index contributed by atoms with van der Waals surface area (Å²) in [6.45, 7) is 2.55. The maximum Gasteiger partial charge on any atom is 0.0969 e. The third-order valence-electron chi connectivity index (χ3n) is 2.78. The minimum atomic E-state index is 0.750. The Hall–Kier alpha value is -1.72. The molecule has 2 aromatic rings. The topological polar surface area (TPSA) is 52.0 Å². The van der Waals surface area contributed by atoms with E-state index in [-0.39, 0.29) is 0 Å². The average molecular weight is 260 g/mol. The second-order valence-electron chi connectivity index (χ2n) is 4.34. The predicted octanol–water partition coefficient (Wildman–Crippen LogP) is 1.78. The zero-order chi connectivity index (χ0) is 13.3. The first-order chi connectivity index (χ1) is 9.40. The highest BCUT2D eigenvalue weighted by molar-refractivity contribution is 5.28. The summed E-state index contributed by atoms with van der Waals surface area (Å²) in [5, 5.41) is 12.0. The number of unbranched alkanes of at least 4 members (excludes halogenated alkanes) is 1. The Morgan fingerprint density at radius 3 is 2.84 bits per heavy atom. The molecule has 0 fully saturated rings. The molecule has 5 heteroatoms. The van der Waals surface area contributed by atoms with Gasteiger partial charge in [0, 0.05) is 20.3 Å². The van der Waals surface area contributed by atoms with Crippen LogP contribution in [-0.4, -0.2) is 35.3 Å². The lowest BCUT2D eigenvalue weighted by Crippen LogP contribution is -2.15. The molecule has 0 aliphatic carbocycles. The molecule has 1 heterocycles. The fourth-order valence-corrected chi connectivity index (χ4v) is 1.77. The molecule has 1 aromatic carbocycles. The summed E-state index contributed by atoms with van der Waals surface area (Å²) in [6.07, 6.45) is 4.00. The van der Waals surface area contributed by atoms with Crippen molar-refractivity contribution in [3.63, 3.8) is 0 Å². The molecule has 0 amide bonds. The van der Waals surface area contributed by atoms with E-state index in [1.54, 1.807) is 18.1 Å². The van der Waals surface area contributed by atoms with Crippen molar-refractivity contribution in [1.29, 1.82) is 0 Å². The molecule has 0 saturated heterocycles. The summed E-state index contributed by atoms with van der Waals surface area (Å²) in [5.74, 6) is 0. The molecular formula is C14H20N4O. The second kappa shape index (κ2) is 7.66. The molecule has 102 valence electrons. The Morgan fingerprint density at radius 1 is 1.21 bits per heavy atom. The van der Waals surface area contributed by atoms with Crippen LogP contribution in [0.25, 0.3) is 5.69 Å². The van der Waals surface area contributed by atoms with Crippen LogP contribution in [0.1, 0.15) is 18.5 Å². The molecule has 0 aliphatic heterocycles. The smallest absolute Gasteiger partial charge is 0.0969 e. The van der Waals surface area contributed by atoms with E-state index >= 15 is 0 Å². The average Bonchev–Trinajstić information content (AvgIpc) is 2.92. The molecule has 1 N–H and O–H groups in total. The molecular weight excluding hydrogens is 240 g/mol. The molecule has 0 saturated carbocycles. The minimum Gasteiger partial charge on any atom is -0.385 e. The van der Waals surface area contributed by atoms with Gasteiger partial charge in [-0.2, -0.15) is 15.0 Å². The molecule has 0 spiro atoms. The Labute approximate surface area is 113 Å². The van der Waals surface area contributed by atoms with E-state index in [1.165, 1.54) is 0 Å². The molecule has 0 bridgehead atoms. The van der Waals surface area contributed by atoms with Gasteiger partial charge in [0.05, 0.1) is 17.6 Å². The Balaban J connectivity index is 1.75. The summed E-state index contributed by atoms with van der Waals surface area (Å²) in [5.41, 5.74) is 1.93. The third-order valence-corrected chi connectivity index (χ3v) is 2.78. The van der Waals surface area contributed by atoms with E-state index in [2.05, 4.69) is 15.5 Å². The van der Waals surface area contributed by atoms with Gasteiger partial charge >= 0.3 is 0 Å². The number of hydrogen-bond acceptors (Lipinski definition) is 4. The van der Waals surface area contributed by atoms with Crippen LogP contribution in [0.2, 0.25) is 0 Å². The van der Waals surface area contributed by atoms with Crippen LogP contribution in [0, 0.1) is 0 Å². The number of ether oxygens (including phenoxy) is 1. The van der Waals surface area contributed by atoms with E-state index in [1.807, 2.05) is 30.3 Å². The van der Waals surface area contributed by atoms with Gasteiger partial charge in [-0.05, 0) is 31.5 Å². The van der Waals surface area contributed by atoms with Gasteiger partial charge in [0.2, 0.25) is 0 Å². The molecule has 5 nitrogen and oxygen atoms in total. The van der Waals surface area contributed by atoms with Crippen molar-refractivity contribution in [2.24, 2.45) is 0 Å². The van der Waals surface area contributed by atoms with Crippen molar-refractivity contribution in [2.45, 2.75) is 19.4 Å². The van der Waals surface area contributed by atoms with Crippen molar-refractivity contribution in [2.75, 3.05) is 20.3 Å². The minimum absolute atomic E-state index is 0.750. The lowest BCUT2D eigenvalue weighted by Gasteiger charge is -2.02. The van der Waals surface area contributed by atoms with Crippen LogP contribution >= 0.6 is 0 Å². The normalized spacial score (nSPS) is 10.8. The van der Waals surface area contributed by atoms with Crippen LogP contribution < -0.4 is 5.32 Å². The number of hydrogen-bond donors (Lipinski definition) is 1. The summed E-state index contributed by atoms with van der Waals surface area (Å²) >= 11 is 0. The van der Waals surface area contributed by atoms with E-state index < -0.39 is 0 Å². The van der Waals surface area contributed by atoms with Crippen molar-refractivity contribution in [3.8, 4) is 5.69 Å². The highest BCUT2D eigenvalue weighted by Crippen LogP contribution is 2.03. The third kappa shape index (κ3) is 4.46. The van der Waals surface area contributed by atoms with Gasteiger partial charge in [0.1, 0.15) is 0 Å². The summed E-state index contributed by atoms with van der Waals surface area (Å²) in [7, 11) is 1.73. The first-order valence-corrected chi connectivity index (χ1v) is 6.56. The fourth-order valence-electron chi connectivity index (χ4n) is 1.77. The number of rotatable bonds is 8. The maximum atomic E-state index is 5.01. The van der Waals surface area contributed by atoms with Gasteiger partial charge in [-0.15, -0.1) is 0 Å². The highest BCUT2D eigenvalue weighted by Gasteiger charge is 2.01. The SMILES string of the molecule is COCCCCNCc1cnn(-c2ccccc2)n1. The zero-order valence-corrected chi connectivity index (χ0v) is 11.2. The van der Waals surface area contributed by atoms with Crippen molar-refractivity contribution in [3.05, 3.63) is 42.2 Å². The predicted molar refractivity (Wildman–Crippen MR) is 74.2 cm³/mol. The number of para-hydroxylation sites is 1. The van der Waals surface area contributed by atoms with E-state index in [9.17, 15) is 0 Å². The van der Waals surface area contributed by atoms with Gasteiger partial charge in [-0.25, -0.2) is 0 Å². The summed E-state index contributed by atoms with van der Waals surface area (Å²) in [6, 6.07) is 9.91. The van der Waals surface area contributed by atoms with Crippen LogP contribution in [0.15, 0.2) is 36.5 Å². The van der Waals surface area contributed by atoms with Crippen LogP contribution in [-0.2, 0) is 11.3 Å². The number of nitrogens with zero attached hydrogens (tertiary/aromatic N) is 3. The van der Waals surface area contributed by atoms with Crippen molar-refractivity contribution < 1.29 is 4.74 Å². The molecule has 0 atom stereocenters. The fraction of sp³-hybridized carbons (Fsp3) is 0.429. The molecule has 0 aliphatic rings. The van der Waals surface area contributed by atoms with Crippen LogP contribution in [0.3, 0.4) is 0 Å². The Bertz CT molecular complexity index is 469. The van der Waals surface area contributed by atoms with Crippen LogP contribution in [0.5, 0.6) is 0 Å². The monoisotopic (exact) mass is 260 g/mol. The maximum absolute atomic E-state index is 5.01. The lowest BCUT2D eigenvalue weighted by molar-refractivity contribution is 0.192. The molecule has 19 heavy (non-hydrogen) atoms. The molecule has 0 radical (unpaired) electrons. The van der Waals surface area contributed by atoms with Gasteiger partial charge in [0.15, 0.2) is 0 Å². The molecule has 1 aromatic heterocycles. The van der Waals surface area contributed by atoms with E-state index in [4.69, 9.17) is 4.74 Å². The highest BCUT2D eigenvalue weighted by atomic mass is 16.5. The van der Waals surface area contributed by atoms with Crippen molar-refractivity contribution >= 4 is 0 Å². The number of benzene rings is 1. The zero-order valence-electron chi connectivity index (χ0n) is 11.2. The Morgan fingerprint density at radius 2 is 2.05 bits per heavy atom. The lowest BCUT2D eigenvalue weighted by atomic mass is 10.3. The largest absolute Gasteiger partial charge is 0.385 e. The van der Waals surface area contributed by atoms with Crippen LogP contribution in [0.4, 0.5) is 0 Å².